The molecule has 1 aliphatic heterocycles. The first-order chi connectivity index (χ1) is 9.62. The lowest BCUT2D eigenvalue weighted by Gasteiger charge is -2.37. The molecule has 114 valence electrons. The van der Waals surface area contributed by atoms with E-state index in [1.165, 1.54) is 6.42 Å². The Bertz CT molecular complexity index is 439. The summed E-state index contributed by atoms with van der Waals surface area (Å²) in [6.07, 6.45) is 4.12. The first-order valence-electron chi connectivity index (χ1n) is 7.60. The molecule has 1 saturated heterocycles. The molecular formula is C15H26ClN3O. The molecule has 1 aliphatic rings. The van der Waals surface area contributed by atoms with E-state index in [-0.39, 0.29) is 5.41 Å². The van der Waals surface area contributed by atoms with E-state index < -0.39 is 0 Å². The molecular weight excluding hydrogens is 274 g/mol. The van der Waals surface area contributed by atoms with Crippen molar-refractivity contribution in [1.29, 1.82) is 0 Å². The number of hydrogen-bond donors (Lipinski definition) is 1. The molecule has 4 nitrogen and oxygen atoms in total. The van der Waals surface area contributed by atoms with Gasteiger partial charge in [0.25, 0.3) is 0 Å². The molecule has 1 aromatic heterocycles. The van der Waals surface area contributed by atoms with Crippen LogP contribution >= 0.6 is 11.6 Å². The summed E-state index contributed by atoms with van der Waals surface area (Å²) in [7, 11) is 1.99. The Morgan fingerprint density at radius 1 is 1.45 bits per heavy atom. The Morgan fingerprint density at radius 2 is 2.25 bits per heavy atom. The van der Waals surface area contributed by atoms with Gasteiger partial charge in [-0.2, -0.15) is 5.10 Å². The van der Waals surface area contributed by atoms with E-state index in [2.05, 4.69) is 24.3 Å². The summed E-state index contributed by atoms with van der Waals surface area (Å²) in [4.78, 5) is 0. The van der Waals surface area contributed by atoms with Crippen LogP contribution in [0.1, 0.15) is 38.1 Å². The van der Waals surface area contributed by atoms with Crippen molar-refractivity contribution in [2.75, 3.05) is 26.3 Å². The zero-order valence-corrected chi connectivity index (χ0v) is 13.6. The fourth-order valence-electron chi connectivity index (χ4n) is 3.01. The topological polar surface area (TPSA) is 39.1 Å². The third kappa shape index (κ3) is 3.35. The molecule has 0 bridgehead atoms. The van der Waals surface area contributed by atoms with E-state index in [1.54, 1.807) is 0 Å². The van der Waals surface area contributed by atoms with Crippen molar-refractivity contribution in [3.05, 3.63) is 16.4 Å². The number of rotatable bonds is 6. The van der Waals surface area contributed by atoms with Gasteiger partial charge in [0, 0.05) is 25.6 Å². The summed E-state index contributed by atoms with van der Waals surface area (Å²) in [5.41, 5.74) is 2.29. The molecule has 2 rings (SSSR count). The van der Waals surface area contributed by atoms with E-state index >= 15 is 0 Å². The molecule has 1 unspecified atom stereocenters. The van der Waals surface area contributed by atoms with E-state index in [4.69, 9.17) is 16.3 Å². The molecule has 0 spiro atoms. The van der Waals surface area contributed by atoms with Gasteiger partial charge in [-0.05, 0) is 32.2 Å². The number of aromatic nitrogens is 2. The van der Waals surface area contributed by atoms with Crippen molar-refractivity contribution in [3.8, 4) is 0 Å². The molecule has 0 aliphatic carbocycles. The maximum absolute atomic E-state index is 6.50. The number of nitrogens with one attached hydrogen (secondary N) is 1. The molecule has 0 aromatic carbocycles. The zero-order valence-electron chi connectivity index (χ0n) is 12.8. The number of hydrogen-bond acceptors (Lipinski definition) is 3. The smallest absolute Gasteiger partial charge is 0.0849 e. The van der Waals surface area contributed by atoms with Gasteiger partial charge in [-0.25, -0.2) is 0 Å². The standard InChI is InChI=1S/C15H26ClN3O/c1-4-12-14(16)13(19(3)18-12)9-15(10-17-5-2)7-6-8-20-11-15/h17H,4-11H2,1-3H3. The van der Waals surface area contributed by atoms with Crippen molar-refractivity contribution < 1.29 is 4.74 Å². The highest BCUT2D eigenvalue weighted by Gasteiger charge is 2.34. The monoisotopic (exact) mass is 299 g/mol. The van der Waals surface area contributed by atoms with Gasteiger partial charge in [0.15, 0.2) is 0 Å². The number of aryl methyl sites for hydroxylation is 2. The predicted octanol–water partition coefficient (Wildman–Crippen LogP) is 2.58. The van der Waals surface area contributed by atoms with E-state index in [1.807, 2.05) is 11.7 Å². The second kappa shape index (κ2) is 6.92. The molecule has 1 atom stereocenters. The van der Waals surface area contributed by atoms with Crippen LogP contribution in [0.5, 0.6) is 0 Å². The van der Waals surface area contributed by atoms with Crippen molar-refractivity contribution >= 4 is 11.6 Å². The second-order valence-electron chi connectivity index (χ2n) is 5.80. The van der Waals surface area contributed by atoms with Crippen LogP contribution < -0.4 is 5.32 Å². The van der Waals surface area contributed by atoms with Crippen molar-refractivity contribution in [2.24, 2.45) is 12.5 Å². The summed E-state index contributed by atoms with van der Waals surface area (Å²) in [6, 6.07) is 0. The summed E-state index contributed by atoms with van der Waals surface area (Å²) < 4.78 is 7.70. The lowest BCUT2D eigenvalue weighted by molar-refractivity contribution is -0.00779. The largest absolute Gasteiger partial charge is 0.381 e. The molecule has 5 heteroatoms. The van der Waals surface area contributed by atoms with Crippen molar-refractivity contribution in [2.45, 2.75) is 39.5 Å². The zero-order chi connectivity index (χ0) is 14.6. The average Bonchev–Trinajstić information content (AvgIpc) is 2.73. The van der Waals surface area contributed by atoms with Crippen molar-refractivity contribution in [3.63, 3.8) is 0 Å². The highest BCUT2D eigenvalue weighted by atomic mass is 35.5. The SMILES string of the molecule is CCNCC1(Cc2c(Cl)c(CC)nn2C)CCCOC1. The number of nitrogens with zero attached hydrogens (tertiary/aromatic N) is 2. The maximum atomic E-state index is 6.50. The third-order valence-electron chi connectivity index (χ3n) is 4.20. The minimum Gasteiger partial charge on any atom is -0.381 e. The quantitative estimate of drug-likeness (QED) is 0.877. The highest BCUT2D eigenvalue weighted by molar-refractivity contribution is 6.31. The number of ether oxygens (including phenoxy) is 1. The van der Waals surface area contributed by atoms with Gasteiger partial charge in [0.2, 0.25) is 0 Å². The first kappa shape index (κ1) is 15.8. The van der Waals surface area contributed by atoms with Crippen molar-refractivity contribution in [1.82, 2.24) is 15.1 Å². The van der Waals surface area contributed by atoms with Crippen LogP contribution in [-0.4, -0.2) is 36.1 Å². The van der Waals surface area contributed by atoms with E-state index in [9.17, 15) is 0 Å². The Kier molecular flexibility index (Phi) is 5.47. The van der Waals surface area contributed by atoms with Gasteiger partial charge in [-0.1, -0.05) is 25.4 Å². The van der Waals surface area contributed by atoms with Gasteiger partial charge in [0.05, 0.1) is 23.0 Å². The first-order valence-corrected chi connectivity index (χ1v) is 7.98. The van der Waals surface area contributed by atoms with Crippen LogP contribution in [-0.2, 0) is 24.6 Å². The van der Waals surface area contributed by atoms with Gasteiger partial charge in [-0.3, -0.25) is 4.68 Å². The molecule has 0 saturated carbocycles. The molecule has 20 heavy (non-hydrogen) atoms. The molecule has 1 N–H and O–H groups in total. The lowest BCUT2D eigenvalue weighted by Crippen LogP contribution is -2.43. The Labute approximate surface area is 126 Å². The third-order valence-corrected chi connectivity index (χ3v) is 4.64. The minimum atomic E-state index is 0.150. The van der Waals surface area contributed by atoms with E-state index in [0.29, 0.717) is 0 Å². The van der Waals surface area contributed by atoms with Crippen LogP contribution in [0.15, 0.2) is 0 Å². The summed E-state index contributed by atoms with van der Waals surface area (Å²) in [5.74, 6) is 0. The second-order valence-corrected chi connectivity index (χ2v) is 6.18. The molecule has 1 fully saturated rings. The Morgan fingerprint density at radius 3 is 2.80 bits per heavy atom. The fraction of sp³-hybridized carbons (Fsp3) is 0.800. The minimum absolute atomic E-state index is 0.150. The Balaban J connectivity index is 2.21. The van der Waals surface area contributed by atoms with Crippen LogP contribution in [0.2, 0.25) is 5.02 Å². The number of halogens is 1. The normalized spacial score (nSPS) is 23.2. The van der Waals surface area contributed by atoms with Crippen LogP contribution in [0.4, 0.5) is 0 Å². The summed E-state index contributed by atoms with van der Waals surface area (Å²) >= 11 is 6.50. The van der Waals surface area contributed by atoms with E-state index in [0.717, 1.165) is 62.0 Å². The fourth-order valence-corrected chi connectivity index (χ4v) is 3.37. The van der Waals surface area contributed by atoms with Crippen LogP contribution in [0, 0.1) is 5.41 Å². The van der Waals surface area contributed by atoms with Crippen LogP contribution in [0.25, 0.3) is 0 Å². The van der Waals surface area contributed by atoms with Gasteiger partial charge in [0.1, 0.15) is 0 Å². The predicted molar refractivity (Wildman–Crippen MR) is 82.3 cm³/mol. The highest BCUT2D eigenvalue weighted by Crippen LogP contribution is 2.35. The lowest BCUT2D eigenvalue weighted by atomic mass is 9.78. The van der Waals surface area contributed by atoms with Gasteiger partial charge >= 0.3 is 0 Å². The molecule has 2 heterocycles. The summed E-state index contributed by atoms with van der Waals surface area (Å²) in [6.45, 7) is 7.89. The maximum Gasteiger partial charge on any atom is 0.0849 e. The molecule has 0 amide bonds. The average molecular weight is 300 g/mol. The molecule has 0 radical (unpaired) electrons. The Hall–Kier alpha value is -0.580. The van der Waals surface area contributed by atoms with Crippen LogP contribution in [0.3, 0.4) is 0 Å². The summed E-state index contributed by atoms with van der Waals surface area (Å²) in [5, 5.41) is 8.86. The molecule has 1 aromatic rings. The van der Waals surface area contributed by atoms with Gasteiger partial charge < -0.3 is 10.1 Å². The van der Waals surface area contributed by atoms with Gasteiger partial charge in [-0.15, -0.1) is 0 Å².